The van der Waals surface area contributed by atoms with E-state index in [-0.39, 0.29) is 30.8 Å². The number of aromatic hydroxyl groups is 1. The number of carbonyl (C=O) groups excluding carboxylic acids is 2. The zero-order valence-electron chi connectivity index (χ0n) is 14.2. The average Bonchev–Trinajstić information content (AvgIpc) is 3.09. The first-order chi connectivity index (χ1) is 12.6. The SMILES string of the molecule is CCC(=O)OCCNC(=O)c1ccc(O)c(-n2nc3ccccc3n2)c1. The lowest BCUT2D eigenvalue weighted by atomic mass is 10.1. The summed E-state index contributed by atoms with van der Waals surface area (Å²) in [5, 5.41) is 21.4. The molecular formula is C18H18N4O4. The predicted molar refractivity (Wildman–Crippen MR) is 94.1 cm³/mol. The Bertz CT molecular complexity index is 918. The molecule has 0 saturated heterocycles. The van der Waals surface area contributed by atoms with Crippen LogP contribution in [-0.2, 0) is 9.53 Å². The fraction of sp³-hybridized carbons (Fsp3) is 0.222. The van der Waals surface area contributed by atoms with Crippen molar-refractivity contribution >= 4 is 22.9 Å². The molecule has 0 aliphatic carbocycles. The number of carbonyl (C=O) groups is 2. The van der Waals surface area contributed by atoms with Gasteiger partial charge in [-0.3, -0.25) is 9.59 Å². The summed E-state index contributed by atoms with van der Waals surface area (Å²) >= 11 is 0. The van der Waals surface area contributed by atoms with Gasteiger partial charge < -0.3 is 15.2 Å². The number of phenolic OH excluding ortho intramolecular Hbond substituents is 1. The zero-order chi connectivity index (χ0) is 18.5. The summed E-state index contributed by atoms with van der Waals surface area (Å²) in [6.45, 7) is 2.01. The van der Waals surface area contributed by atoms with Crippen LogP contribution >= 0.6 is 0 Å². The third-order valence-corrected chi connectivity index (χ3v) is 3.68. The van der Waals surface area contributed by atoms with Gasteiger partial charge >= 0.3 is 5.97 Å². The topological polar surface area (TPSA) is 106 Å². The van der Waals surface area contributed by atoms with E-state index >= 15 is 0 Å². The van der Waals surface area contributed by atoms with Crippen LogP contribution in [0, 0.1) is 0 Å². The summed E-state index contributed by atoms with van der Waals surface area (Å²) in [6, 6.07) is 11.7. The molecule has 1 amide bonds. The van der Waals surface area contributed by atoms with Crippen molar-refractivity contribution in [1.82, 2.24) is 20.3 Å². The number of hydrogen-bond donors (Lipinski definition) is 2. The van der Waals surface area contributed by atoms with E-state index in [4.69, 9.17) is 4.74 Å². The highest BCUT2D eigenvalue weighted by molar-refractivity contribution is 5.95. The number of ether oxygens (including phenoxy) is 1. The average molecular weight is 354 g/mol. The Hall–Kier alpha value is -3.42. The van der Waals surface area contributed by atoms with Crippen LogP contribution in [0.15, 0.2) is 42.5 Å². The van der Waals surface area contributed by atoms with Crippen molar-refractivity contribution in [2.75, 3.05) is 13.2 Å². The standard InChI is InChI=1S/C18H18N4O4/c1-2-17(24)26-10-9-19-18(25)12-7-8-16(23)15(11-12)22-20-13-5-3-4-6-14(13)21-22/h3-8,11,23H,2,9-10H2,1H3,(H,19,25). The zero-order valence-corrected chi connectivity index (χ0v) is 14.2. The van der Waals surface area contributed by atoms with Crippen molar-refractivity contribution in [2.24, 2.45) is 0 Å². The second kappa shape index (κ2) is 7.64. The van der Waals surface area contributed by atoms with Crippen LogP contribution < -0.4 is 5.32 Å². The number of fused-ring (bicyclic) bond motifs is 1. The van der Waals surface area contributed by atoms with Gasteiger partial charge in [0.2, 0.25) is 0 Å². The van der Waals surface area contributed by atoms with Crippen molar-refractivity contribution in [2.45, 2.75) is 13.3 Å². The lowest BCUT2D eigenvalue weighted by Gasteiger charge is -2.08. The second-order valence-corrected chi connectivity index (χ2v) is 5.51. The number of esters is 1. The molecule has 3 aromatic rings. The fourth-order valence-corrected chi connectivity index (χ4v) is 2.33. The molecule has 2 N–H and O–H groups in total. The Morgan fingerprint density at radius 2 is 1.85 bits per heavy atom. The highest BCUT2D eigenvalue weighted by atomic mass is 16.5. The Morgan fingerprint density at radius 1 is 1.15 bits per heavy atom. The largest absolute Gasteiger partial charge is 0.506 e. The van der Waals surface area contributed by atoms with E-state index in [1.165, 1.54) is 23.0 Å². The molecule has 1 heterocycles. The lowest BCUT2D eigenvalue weighted by Crippen LogP contribution is -2.28. The van der Waals surface area contributed by atoms with Gasteiger partial charge in [-0.25, -0.2) is 0 Å². The molecule has 26 heavy (non-hydrogen) atoms. The highest BCUT2D eigenvalue weighted by Gasteiger charge is 2.13. The third kappa shape index (κ3) is 3.80. The molecule has 0 unspecified atom stereocenters. The number of hydrogen-bond acceptors (Lipinski definition) is 6. The van der Waals surface area contributed by atoms with Gasteiger partial charge in [0.15, 0.2) is 0 Å². The monoisotopic (exact) mass is 354 g/mol. The Labute approximate surface area is 149 Å². The van der Waals surface area contributed by atoms with E-state index < -0.39 is 0 Å². The van der Waals surface area contributed by atoms with Crippen LogP contribution in [0.25, 0.3) is 16.7 Å². The van der Waals surface area contributed by atoms with E-state index in [9.17, 15) is 14.7 Å². The smallest absolute Gasteiger partial charge is 0.305 e. The maximum absolute atomic E-state index is 12.2. The lowest BCUT2D eigenvalue weighted by molar-refractivity contribution is -0.143. The molecule has 0 radical (unpaired) electrons. The summed E-state index contributed by atoms with van der Waals surface area (Å²) < 4.78 is 4.91. The van der Waals surface area contributed by atoms with Gasteiger partial charge in [0.1, 0.15) is 29.1 Å². The van der Waals surface area contributed by atoms with Gasteiger partial charge in [0, 0.05) is 12.0 Å². The van der Waals surface area contributed by atoms with E-state index in [0.717, 1.165) is 0 Å². The molecule has 8 heteroatoms. The summed E-state index contributed by atoms with van der Waals surface area (Å²) in [5.41, 5.74) is 1.99. The summed E-state index contributed by atoms with van der Waals surface area (Å²) in [4.78, 5) is 24.6. The van der Waals surface area contributed by atoms with Crippen LogP contribution in [0.5, 0.6) is 5.75 Å². The number of nitrogens with one attached hydrogen (secondary N) is 1. The number of benzene rings is 2. The molecule has 3 rings (SSSR count). The molecule has 0 aliphatic rings. The molecule has 1 aromatic heterocycles. The molecule has 2 aromatic carbocycles. The first kappa shape index (κ1) is 17.4. The van der Waals surface area contributed by atoms with Crippen molar-refractivity contribution in [3.63, 3.8) is 0 Å². The number of phenols is 1. The summed E-state index contributed by atoms with van der Waals surface area (Å²) in [5.74, 6) is -0.711. The number of aromatic nitrogens is 3. The minimum atomic E-state index is -0.351. The highest BCUT2D eigenvalue weighted by Crippen LogP contribution is 2.23. The van der Waals surface area contributed by atoms with Crippen LogP contribution in [0.3, 0.4) is 0 Å². The molecule has 0 bridgehead atoms. The van der Waals surface area contributed by atoms with Gasteiger partial charge in [-0.05, 0) is 30.3 Å². The first-order valence-corrected chi connectivity index (χ1v) is 8.18. The summed E-state index contributed by atoms with van der Waals surface area (Å²) in [6.07, 6.45) is 0.292. The van der Waals surface area contributed by atoms with Crippen LogP contribution in [0.4, 0.5) is 0 Å². The number of amides is 1. The van der Waals surface area contributed by atoms with E-state index in [1.54, 1.807) is 6.92 Å². The van der Waals surface area contributed by atoms with Gasteiger partial charge in [-0.2, -0.15) is 0 Å². The normalized spacial score (nSPS) is 10.7. The quantitative estimate of drug-likeness (QED) is 0.516. The molecule has 0 spiro atoms. The minimum Gasteiger partial charge on any atom is -0.506 e. The van der Waals surface area contributed by atoms with Crippen molar-refractivity contribution in [3.8, 4) is 11.4 Å². The Morgan fingerprint density at radius 3 is 2.50 bits per heavy atom. The molecule has 134 valence electrons. The van der Waals surface area contributed by atoms with Crippen molar-refractivity contribution in [3.05, 3.63) is 48.0 Å². The van der Waals surface area contributed by atoms with Gasteiger partial charge in [0.05, 0.1) is 6.54 Å². The molecule has 8 nitrogen and oxygen atoms in total. The predicted octanol–water partition coefficient (Wildman–Crippen LogP) is 1.81. The van der Waals surface area contributed by atoms with E-state index in [1.807, 2.05) is 24.3 Å². The molecule has 0 aliphatic heterocycles. The third-order valence-electron chi connectivity index (χ3n) is 3.68. The maximum atomic E-state index is 12.2. The van der Waals surface area contributed by atoms with Gasteiger partial charge in [-0.15, -0.1) is 15.0 Å². The minimum absolute atomic E-state index is 0.0428. The van der Waals surface area contributed by atoms with Crippen molar-refractivity contribution in [1.29, 1.82) is 0 Å². The van der Waals surface area contributed by atoms with E-state index in [2.05, 4.69) is 15.5 Å². The number of nitrogens with zero attached hydrogens (tertiary/aromatic N) is 3. The van der Waals surface area contributed by atoms with Crippen LogP contribution in [0.1, 0.15) is 23.7 Å². The van der Waals surface area contributed by atoms with E-state index in [0.29, 0.717) is 28.7 Å². The molecule has 0 fully saturated rings. The summed E-state index contributed by atoms with van der Waals surface area (Å²) in [7, 11) is 0. The second-order valence-electron chi connectivity index (χ2n) is 5.51. The molecular weight excluding hydrogens is 336 g/mol. The van der Waals surface area contributed by atoms with Gasteiger partial charge in [0.25, 0.3) is 5.91 Å². The maximum Gasteiger partial charge on any atom is 0.305 e. The van der Waals surface area contributed by atoms with Crippen LogP contribution in [-0.4, -0.2) is 45.1 Å². The van der Waals surface area contributed by atoms with Crippen molar-refractivity contribution < 1.29 is 19.4 Å². The fourth-order valence-electron chi connectivity index (χ4n) is 2.33. The number of rotatable bonds is 6. The Kier molecular flexibility index (Phi) is 5.12. The first-order valence-electron chi connectivity index (χ1n) is 8.18. The molecule has 0 saturated carbocycles. The molecule has 0 atom stereocenters. The Balaban J connectivity index is 1.75. The van der Waals surface area contributed by atoms with Crippen LogP contribution in [0.2, 0.25) is 0 Å². The van der Waals surface area contributed by atoms with Gasteiger partial charge in [-0.1, -0.05) is 19.1 Å².